The van der Waals surface area contributed by atoms with Gasteiger partial charge in [0.2, 0.25) is 0 Å². The summed E-state index contributed by atoms with van der Waals surface area (Å²) in [6, 6.07) is 5.70. The first-order valence-corrected chi connectivity index (χ1v) is 7.40. The summed E-state index contributed by atoms with van der Waals surface area (Å²) >= 11 is 0. The number of hydrogen-bond donors (Lipinski definition) is 3. The molecule has 0 heterocycles. The molecule has 21 heavy (non-hydrogen) atoms. The average molecular weight is 292 g/mol. The highest BCUT2D eigenvalue weighted by molar-refractivity contribution is 5.75. The highest BCUT2D eigenvalue weighted by atomic mass is 16.5. The molecule has 0 bridgehead atoms. The van der Waals surface area contributed by atoms with Crippen LogP contribution in [0.5, 0.6) is 5.75 Å². The Morgan fingerprint density at radius 3 is 2.90 bits per heavy atom. The van der Waals surface area contributed by atoms with Crippen LogP contribution in [0.1, 0.15) is 37.4 Å². The lowest BCUT2D eigenvalue weighted by Gasteiger charge is -2.21. The second-order valence-electron chi connectivity index (χ2n) is 5.69. The molecular formula is C16H24N2O3. The topological polar surface area (TPSA) is 70.6 Å². The van der Waals surface area contributed by atoms with Crippen LogP contribution in [0.4, 0.5) is 4.79 Å². The lowest BCUT2D eigenvalue weighted by Crippen LogP contribution is -2.45. The molecule has 0 spiro atoms. The summed E-state index contributed by atoms with van der Waals surface area (Å²) in [5.41, 5.74) is 2.31. The maximum absolute atomic E-state index is 12.1. The second kappa shape index (κ2) is 6.80. The van der Waals surface area contributed by atoms with Crippen LogP contribution in [0.25, 0.3) is 0 Å². The predicted octanol–water partition coefficient (Wildman–Crippen LogP) is 2.00. The fourth-order valence-electron chi connectivity index (χ4n) is 2.67. The molecule has 3 atom stereocenters. The second-order valence-corrected chi connectivity index (χ2v) is 5.69. The summed E-state index contributed by atoms with van der Waals surface area (Å²) in [5, 5.41) is 15.0. The van der Waals surface area contributed by atoms with Gasteiger partial charge >= 0.3 is 6.03 Å². The maximum Gasteiger partial charge on any atom is 0.315 e. The summed E-state index contributed by atoms with van der Waals surface area (Å²) in [4.78, 5) is 12.1. The van der Waals surface area contributed by atoms with E-state index in [1.165, 1.54) is 5.56 Å². The summed E-state index contributed by atoms with van der Waals surface area (Å²) in [6.45, 7) is 3.86. The fourth-order valence-corrected chi connectivity index (χ4v) is 2.67. The third-order valence-electron chi connectivity index (χ3n) is 4.25. The van der Waals surface area contributed by atoms with Crippen LogP contribution >= 0.6 is 0 Å². The van der Waals surface area contributed by atoms with Gasteiger partial charge in [-0.15, -0.1) is 0 Å². The molecule has 2 rings (SSSR count). The van der Waals surface area contributed by atoms with Crippen molar-refractivity contribution in [3.05, 3.63) is 29.3 Å². The van der Waals surface area contributed by atoms with Crippen LogP contribution in [-0.2, 0) is 6.42 Å². The first-order valence-electron chi connectivity index (χ1n) is 7.40. The molecule has 1 aromatic carbocycles. The number of carbonyl (C=O) groups excluding carboxylic acids is 1. The number of hydrogen-bond acceptors (Lipinski definition) is 3. The minimum atomic E-state index is -0.191. The van der Waals surface area contributed by atoms with Crippen LogP contribution in [-0.4, -0.2) is 30.9 Å². The monoisotopic (exact) mass is 292 g/mol. The standard InChI is InChI=1S/C16H24N2O3/c1-10(9-19)11(2)17-16(20)18-14-8-7-13-12(14)5-4-6-15(13)21-3/h4-6,10-11,14,19H,7-9H2,1-3H3,(H2,17,18,20). The molecule has 3 unspecified atom stereocenters. The molecule has 5 heteroatoms. The molecule has 0 aliphatic heterocycles. The number of nitrogens with one attached hydrogen (secondary N) is 2. The van der Waals surface area contributed by atoms with Crippen molar-refractivity contribution in [2.45, 2.75) is 38.8 Å². The molecule has 2 amide bonds. The molecule has 0 aromatic heterocycles. The predicted molar refractivity (Wildman–Crippen MR) is 81.4 cm³/mol. The summed E-state index contributed by atoms with van der Waals surface area (Å²) in [6.07, 6.45) is 1.79. The van der Waals surface area contributed by atoms with Crippen LogP contribution < -0.4 is 15.4 Å². The molecule has 0 fully saturated rings. The molecule has 5 nitrogen and oxygen atoms in total. The molecule has 0 saturated carbocycles. The smallest absolute Gasteiger partial charge is 0.315 e. The molecular weight excluding hydrogens is 268 g/mol. The largest absolute Gasteiger partial charge is 0.496 e. The Balaban J connectivity index is 1.99. The van der Waals surface area contributed by atoms with Crippen molar-refractivity contribution >= 4 is 6.03 Å². The van der Waals surface area contributed by atoms with E-state index in [1.54, 1.807) is 7.11 Å². The van der Waals surface area contributed by atoms with Crippen LogP contribution in [0.3, 0.4) is 0 Å². The summed E-state index contributed by atoms with van der Waals surface area (Å²) in [5.74, 6) is 0.922. The number of aliphatic hydroxyl groups excluding tert-OH is 1. The third kappa shape index (κ3) is 3.47. The molecule has 1 aliphatic carbocycles. The number of urea groups is 1. The van der Waals surface area contributed by atoms with Gasteiger partial charge in [-0.1, -0.05) is 19.1 Å². The number of benzene rings is 1. The van der Waals surface area contributed by atoms with Crippen molar-refractivity contribution in [3.63, 3.8) is 0 Å². The van der Waals surface area contributed by atoms with Gasteiger partial charge in [-0.2, -0.15) is 0 Å². The number of amides is 2. The molecule has 0 saturated heterocycles. The highest BCUT2D eigenvalue weighted by Crippen LogP contribution is 2.36. The van der Waals surface area contributed by atoms with Gasteiger partial charge in [0, 0.05) is 12.6 Å². The first-order chi connectivity index (χ1) is 10.1. The van der Waals surface area contributed by atoms with Crippen LogP contribution in [0, 0.1) is 5.92 Å². The summed E-state index contributed by atoms with van der Waals surface area (Å²) in [7, 11) is 1.67. The van der Waals surface area contributed by atoms with Gasteiger partial charge in [0.15, 0.2) is 0 Å². The first kappa shape index (κ1) is 15.6. The number of fused-ring (bicyclic) bond motifs is 1. The average Bonchev–Trinajstić information content (AvgIpc) is 2.89. The lowest BCUT2D eigenvalue weighted by molar-refractivity contribution is 0.199. The van der Waals surface area contributed by atoms with E-state index in [4.69, 9.17) is 9.84 Å². The van der Waals surface area contributed by atoms with E-state index in [-0.39, 0.29) is 30.6 Å². The van der Waals surface area contributed by atoms with Crippen molar-refractivity contribution in [1.82, 2.24) is 10.6 Å². The number of ether oxygens (including phenoxy) is 1. The zero-order valence-corrected chi connectivity index (χ0v) is 12.8. The van der Waals surface area contributed by atoms with Gasteiger partial charge < -0.3 is 20.5 Å². The van der Waals surface area contributed by atoms with Crippen molar-refractivity contribution in [2.75, 3.05) is 13.7 Å². The minimum absolute atomic E-state index is 0.0201. The Labute approximate surface area is 125 Å². The van der Waals surface area contributed by atoms with Crippen molar-refractivity contribution in [2.24, 2.45) is 5.92 Å². The molecule has 116 valence electrons. The zero-order valence-electron chi connectivity index (χ0n) is 12.8. The van der Waals surface area contributed by atoms with Crippen molar-refractivity contribution < 1.29 is 14.6 Å². The zero-order chi connectivity index (χ0) is 15.4. The SMILES string of the molecule is COc1cccc2c1CCC2NC(=O)NC(C)C(C)CO. The number of rotatable bonds is 5. The van der Waals surface area contributed by atoms with E-state index in [0.717, 1.165) is 24.2 Å². The lowest BCUT2D eigenvalue weighted by atomic mass is 10.1. The van der Waals surface area contributed by atoms with Crippen molar-refractivity contribution in [3.8, 4) is 5.75 Å². The van der Waals surface area contributed by atoms with E-state index >= 15 is 0 Å². The van der Waals surface area contributed by atoms with E-state index in [2.05, 4.69) is 10.6 Å². The number of carbonyl (C=O) groups is 1. The normalized spacial score (nSPS) is 19.5. The van der Waals surface area contributed by atoms with Gasteiger partial charge in [0.25, 0.3) is 0 Å². The van der Waals surface area contributed by atoms with Gasteiger partial charge in [0.05, 0.1) is 13.2 Å². The fraction of sp³-hybridized carbons (Fsp3) is 0.562. The Bertz CT molecular complexity index is 504. The van der Waals surface area contributed by atoms with Crippen LogP contribution in [0.2, 0.25) is 0 Å². The van der Waals surface area contributed by atoms with E-state index in [9.17, 15) is 4.79 Å². The summed E-state index contributed by atoms with van der Waals surface area (Å²) < 4.78 is 5.36. The Kier molecular flexibility index (Phi) is 5.07. The van der Waals surface area contributed by atoms with Crippen LogP contribution in [0.15, 0.2) is 18.2 Å². The van der Waals surface area contributed by atoms with E-state index < -0.39 is 0 Å². The molecule has 1 aliphatic rings. The highest BCUT2D eigenvalue weighted by Gasteiger charge is 2.26. The van der Waals surface area contributed by atoms with Gasteiger partial charge in [-0.3, -0.25) is 0 Å². The quantitative estimate of drug-likeness (QED) is 0.777. The number of methoxy groups -OCH3 is 1. The Morgan fingerprint density at radius 1 is 1.48 bits per heavy atom. The van der Waals surface area contributed by atoms with Gasteiger partial charge in [0.1, 0.15) is 5.75 Å². The van der Waals surface area contributed by atoms with Gasteiger partial charge in [-0.25, -0.2) is 4.79 Å². The molecule has 0 radical (unpaired) electrons. The Morgan fingerprint density at radius 2 is 2.24 bits per heavy atom. The minimum Gasteiger partial charge on any atom is -0.496 e. The third-order valence-corrected chi connectivity index (χ3v) is 4.25. The maximum atomic E-state index is 12.1. The number of aliphatic hydroxyl groups is 1. The van der Waals surface area contributed by atoms with E-state index in [1.807, 2.05) is 32.0 Å². The van der Waals surface area contributed by atoms with Gasteiger partial charge in [-0.05, 0) is 42.9 Å². The van der Waals surface area contributed by atoms with E-state index in [0.29, 0.717) is 0 Å². The molecule has 3 N–H and O–H groups in total. The van der Waals surface area contributed by atoms with Crippen molar-refractivity contribution in [1.29, 1.82) is 0 Å². The Hall–Kier alpha value is -1.75. The molecule has 1 aromatic rings.